The topological polar surface area (TPSA) is 87.5 Å². The number of rotatable bonds is 6. The van der Waals surface area contributed by atoms with Crippen LogP contribution in [0.1, 0.15) is 19.3 Å². The third-order valence-corrected chi connectivity index (χ3v) is 2.91. The van der Waals surface area contributed by atoms with Crippen LogP contribution in [0.2, 0.25) is 0 Å². The predicted octanol–water partition coefficient (Wildman–Crippen LogP) is -1.01. The van der Waals surface area contributed by atoms with Gasteiger partial charge in [0.2, 0.25) is 0 Å². The van der Waals surface area contributed by atoms with E-state index in [1.807, 2.05) is 0 Å². The molecule has 6 nitrogen and oxygen atoms in total. The summed E-state index contributed by atoms with van der Waals surface area (Å²) in [5, 5.41) is 4.90. The fraction of sp³-hybridized carbons (Fsp3) is 0.727. The Balaban J connectivity index is 2.04. The minimum absolute atomic E-state index is 0.0510. The number of carbonyl (C=O) groups excluding carboxylic acids is 2. The van der Waals surface area contributed by atoms with E-state index in [0.29, 0.717) is 6.54 Å². The van der Waals surface area contributed by atoms with Gasteiger partial charge in [-0.15, -0.1) is 0 Å². The largest absolute Gasteiger partial charge is 0.392 e. The molecule has 4 N–H and O–H groups in total. The number of hydrogen-bond acceptors (Lipinski definition) is 4. The van der Waals surface area contributed by atoms with Gasteiger partial charge in [0.15, 0.2) is 0 Å². The first-order chi connectivity index (χ1) is 8.59. The summed E-state index contributed by atoms with van der Waals surface area (Å²) in [5.41, 5.74) is 5.21. The van der Waals surface area contributed by atoms with E-state index < -0.39 is 11.8 Å². The summed E-state index contributed by atoms with van der Waals surface area (Å²) in [6, 6.07) is 0. The molecule has 0 atom stereocenters. The van der Waals surface area contributed by atoms with Crippen LogP contribution in [0.4, 0.5) is 0 Å². The van der Waals surface area contributed by atoms with E-state index >= 15 is 0 Å². The van der Waals surface area contributed by atoms with Crippen molar-refractivity contribution in [1.29, 1.82) is 0 Å². The quantitative estimate of drug-likeness (QED) is 0.328. The van der Waals surface area contributed by atoms with Gasteiger partial charge in [-0.2, -0.15) is 0 Å². The Morgan fingerprint density at radius 1 is 1.17 bits per heavy atom. The highest BCUT2D eigenvalue weighted by atomic mass is 32.1. The highest BCUT2D eigenvalue weighted by Gasteiger charge is 2.13. The number of nitrogens with two attached hydrogens (primary N) is 1. The molecular weight excluding hydrogens is 252 g/mol. The summed E-state index contributed by atoms with van der Waals surface area (Å²) in [6.07, 6.45) is 3.37. The maximum Gasteiger partial charge on any atom is 0.309 e. The molecule has 1 saturated heterocycles. The zero-order chi connectivity index (χ0) is 13.4. The van der Waals surface area contributed by atoms with Crippen molar-refractivity contribution < 1.29 is 9.59 Å². The average Bonchev–Trinajstić information content (AvgIpc) is 2.84. The van der Waals surface area contributed by atoms with Gasteiger partial charge in [0, 0.05) is 6.54 Å². The molecule has 0 bridgehead atoms. The monoisotopic (exact) mass is 272 g/mol. The van der Waals surface area contributed by atoms with Gasteiger partial charge >= 0.3 is 11.8 Å². The average molecular weight is 272 g/mol. The summed E-state index contributed by atoms with van der Waals surface area (Å²) in [5.74, 6) is -1.32. The molecule has 1 fully saturated rings. The van der Waals surface area contributed by atoms with Gasteiger partial charge in [0.05, 0.1) is 11.5 Å². The van der Waals surface area contributed by atoms with Crippen molar-refractivity contribution in [3.05, 3.63) is 0 Å². The maximum atomic E-state index is 11.3. The number of thiocarbonyl (C=S) groups is 1. The van der Waals surface area contributed by atoms with Gasteiger partial charge in [-0.05, 0) is 38.9 Å². The lowest BCUT2D eigenvalue weighted by molar-refractivity contribution is -0.139. The van der Waals surface area contributed by atoms with Crippen molar-refractivity contribution in [2.24, 2.45) is 5.73 Å². The Hall–Kier alpha value is -1.21. The lowest BCUT2D eigenvalue weighted by atomic mass is 10.4. The van der Waals surface area contributed by atoms with E-state index in [4.69, 9.17) is 5.73 Å². The number of nitrogens with one attached hydrogen (secondary N) is 2. The summed E-state index contributed by atoms with van der Waals surface area (Å²) < 4.78 is 0. The summed E-state index contributed by atoms with van der Waals surface area (Å²) >= 11 is 4.59. The van der Waals surface area contributed by atoms with Gasteiger partial charge in [0.1, 0.15) is 0 Å². The third kappa shape index (κ3) is 5.92. The zero-order valence-corrected chi connectivity index (χ0v) is 11.2. The Morgan fingerprint density at radius 2 is 1.78 bits per heavy atom. The highest BCUT2D eigenvalue weighted by Crippen LogP contribution is 2.06. The summed E-state index contributed by atoms with van der Waals surface area (Å²) in [7, 11) is 0. The molecule has 0 spiro atoms. The standard InChI is InChI=1S/C11H20N4O2S/c12-9(18)8-14-11(17)10(16)13-4-3-7-15-5-1-2-6-15/h1-8H2,(H2,12,18)(H,13,16)(H,14,17). The van der Waals surface area contributed by atoms with Gasteiger partial charge < -0.3 is 21.3 Å². The molecule has 102 valence electrons. The van der Waals surface area contributed by atoms with Crippen LogP contribution in [0, 0.1) is 0 Å². The minimum atomic E-state index is -0.691. The molecule has 18 heavy (non-hydrogen) atoms. The van der Waals surface area contributed by atoms with E-state index in [1.54, 1.807) is 0 Å². The number of amides is 2. The second-order valence-electron chi connectivity index (χ2n) is 4.31. The number of likely N-dealkylation sites (tertiary alicyclic amines) is 1. The first-order valence-electron chi connectivity index (χ1n) is 6.16. The lowest BCUT2D eigenvalue weighted by Gasteiger charge is -2.14. The molecule has 1 rings (SSSR count). The molecule has 0 unspecified atom stereocenters. The van der Waals surface area contributed by atoms with Crippen molar-refractivity contribution in [2.75, 3.05) is 32.7 Å². The van der Waals surface area contributed by atoms with Crippen LogP contribution in [0.3, 0.4) is 0 Å². The first kappa shape index (κ1) is 14.8. The molecule has 0 aliphatic carbocycles. The summed E-state index contributed by atoms with van der Waals surface area (Å²) in [4.78, 5) is 25.1. The molecule has 0 radical (unpaired) electrons. The molecule has 1 aliphatic rings. The van der Waals surface area contributed by atoms with Crippen molar-refractivity contribution in [3.63, 3.8) is 0 Å². The van der Waals surface area contributed by atoms with E-state index in [1.165, 1.54) is 12.8 Å². The van der Waals surface area contributed by atoms with E-state index in [0.717, 1.165) is 26.1 Å². The maximum absolute atomic E-state index is 11.3. The Morgan fingerprint density at radius 3 is 2.39 bits per heavy atom. The van der Waals surface area contributed by atoms with Crippen LogP contribution in [-0.4, -0.2) is 54.4 Å². The van der Waals surface area contributed by atoms with Crippen LogP contribution < -0.4 is 16.4 Å². The smallest absolute Gasteiger partial charge is 0.309 e. The van der Waals surface area contributed by atoms with Crippen LogP contribution in [0.5, 0.6) is 0 Å². The number of hydrogen-bond donors (Lipinski definition) is 3. The van der Waals surface area contributed by atoms with Crippen LogP contribution in [0.25, 0.3) is 0 Å². The zero-order valence-electron chi connectivity index (χ0n) is 10.4. The molecule has 1 heterocycles. The van der Waals surface area contributed by atoms with Gasteiger partial charge in [-0.1, -0.05) is 12.2 Å². The molecule has 2 amide bonds. The van der Waals surface area contributed by atoms with E-state index in [2.05, 4.69) is 27.8 Å². The van der Waals surface area contributed by atoms with Crippen molar-refractivity contribution in [2.45, 2.75) is 19.3 Å². The number of carbonyl (C=O) groups is 2. The fourth-order valence-corrected chi connectivity index (χ4v) is 1.91. The SMILES string of the molecule is NC(=S)CNC(=O)C(=O)NCCCN1CCCC1. The molecule has 7 heteroatoms. The van der Waals surface area contributed by atoms with Crippen LogP contribution in [-0.2, 0) is 9.59 Å². The minimum Gasteiger partial charge on any atom is -0.392 e. The van der Waals surface area contributed by atoms with Gasteiger partial charge in [-0.3, -0.25) is 9.59 Å². The Kier molecular flexibility index (Phi) is 6.59. The molecule has 0 aromatic heterocycles. The van der Waals surface area contributed by atoms with Crippen molar-refractivity contribution >= 4 is 29.0 Å². The second-order valence-corrected chi connectivity index (χ2v) is 4.83. The molecule has 0 saturated carbocycles. The molecular formula is C11H20N4O2S. The Labute approximate surface area is 112 Å². The number of nitrogens with zero attached hydrogens (tertiary/aromatic N) is 1. The normalized spacial score (nSPS) is 15.3. The van der Waals surface area contributed by atoms with Gasteiger partial charge in [-0.25, -0.2) is 0 Å². The summed E-state index contributed by atoms with van der Waals surface area (Å²) in [6.45, 7) is 3.81. The first-order valence-corrected chi connectivity index (χ1v) is 6.57. The Bertz CT molecular complexity index is 316. The van der Waals surface area contributed by atoms with Crippen molar-refractivity contribution in [3.8, 4) is 0 Å². The van der Waals surface area contributed by atoms with E-state index in [9.17, 15) is 9.59 Å². The predicted molar refractivity (Wildman–Crippen MR) is 73.1 cm³/mol. The van der Waals surface area contributed by atoms with Crippen molar-refractivity contribution in [1.82, 2.24) is 15.5 Å². The highest BCUT2D eigenvalue weighted by molar-refractivity contribution is 7.80. The van der Waals surface area contributed by atoms with Crippen LogP contribution >= 0.6 is 12.2 Å². The molecule has 0 aromatic carbocycles. The van der Waals surface area contributed by atoms with E-state index in [-0.39, 0.29) is 11.5 Å². The van der Waals surface area contributed by atoms with Crippen LogP contribution in [0.15, 0.2) is 0 Å². The third-order valence-electron chi connectivity index (χ3n) is 2.76. The fourth-order valence-electron chi connectivity index (χ4n) is 1.84. The molecule has 1 aliphatic heterocycles. The van der Waals surface area contributed by atoms with Gasteiger partial charge in [0.25, 0.3) is 0 Å². The lowest BCUT2D eigenvalue weighted by Crippen LogP contribution is -2.43. The molecule has 0 aromatic rings. The second kappa shape index (κ2) is 7.99.